The zero-order chi connectivity index (χ0) is 14.5. The monoisotopic (exact) mass is 279 g/mol. The Morgan fingerprint density at radius 1 is 1.55 bits per heavy atom. The molecular formula is C15H21NO4. The van der Waals surface area contributed by atoms with Crippen LogP contribution in [0.1, 0.15) is 22.8 Å². The van der Waals surface area contributed by atoms with E-state index in [1.54, 1.807) is 6.07 Å². The summed E-state index contributed by atoms with van der Waals surface area (Å²) in [6, 6.07) is 7.73. The summed E-state index contributed by atoms with van der Waals surface area (Å²) >= 11 is 0. The SMILES string of the molecule is COC(=O)c1cccc(CN2CC(CO)OCC2C)c1. The van der Waals surface area contributed by atoms with Gasteiger partial charge in [0.2, 0.25) is 0 Å². The molecule has 1 saturated heterocycles. The van der Waals surface area contributed by atoms with Crippen molar-refractivity contribution in [2.24, 2.45) is 0 Å². The smallest absolute Gasteiger partial charge is 0.337 e. The molecule has 2 atom stereocenters. The molecular weight excluding hydrogens is 258 g/mol. The molecule has 1 aliphatic heterocycles. The van der Waals surface area contributed by atoms with Crippen LogP contribution in [0.4, 0.5) is 0 Å². The minimum Gasteiger partial charge on any atom is -0.465 e. The van der Waals surface area contributed by atoms with Crippen LogP contribution in [0.25, 0.3) is 0 Å². The van der Waals surface area contributed by atoms with Gasteiger partial charge in [-0.25, -0.2) is 4.79 Å². The van der Waals surface area contributed by atoms with E-state index in [0.717, 1.165) is 12.1 Å². The summed E-state index contributed by atoms with van der Waals surface area (Å²) in [7, 11) is 1.38. The summed E-state index contributed by atoms with van der Waals surface area (Å²) < 4.78 is 10.3. The van der Waals surface area contributed by atoms with Crippen LogP contribution in [0.15, 0.2) is 24.3 Å². The van der Waals surface area contributed by atoms with Crippen molar-refractivity contribution >= 4 is 5.97 Å². The number of aliphatic hydroxyl groups excluding tert-OH is 1. The molecule has 110 valence electrons. The highest BCUT2D eigenvalue weighted by Crippen LogP contribution is 2.16. The number of methoxy groups -OCH3 is 1. The van der Waals surface area contributed by atoms with Crippen LogP contribution >= 0.6 is 0 Å². The molecule has 20 heavy (non-hydrogen) atoms. The Hall–Kier alpha value is -1.43. The maximum atomic E-state index is 11.5. The van der Waals surface area contributed by atoms with Gasteiger partial charge in [-0.2, -0.15) is 0 Å². The lowest BCUT2D eigenvalue weighted by molar-refractivity contribution is -0.0805. The van der Waals surface area contributed by atoms with Crippen LogP contribution < -0.4 is 0 Å². The number of rotatable bonds is 4. The van der Waals surface area contributed by atoms with Crippen LogP contribution in [0.2, 0.25) is 0 Å². The van der Waals surface area contributed by atoms with Crippen LogP contribution in [0, 0.1) is 0 Å². The highest BCUT2D eigenvalue weighted by molar-refractivity contribution is 5.89. The second-order valence-electron chi connectivity index (χ2n) is 5.11. The van der Waals surface area contributed by atoms with E-state index < -0.39 is 0 Å². The maximum Gasteiger partial charge on any atom is 0.337 e. The number of carbonyl (C=O) groups excluding carboxylic acids is 1. The van der Waals surface area contributed by atoms with Crippen LogP contribution in [0.3, 0.4) is 0 Å². The van der Waals surface area contributed by atoms with E-state index in [0.29, 0.717) is 24.8 Å². The highest BCUT2D eigenvalue weighted by Gasteiger charge is 2.25. The first-order valence-electron chi connectivity index (χ1n) is 6.77. The zero-order valence-electron chi connectivity index (χ0n) is 11.9. The molecule has 5 heteroatoms. The van der Waals surface area contributed by atoms with Gasteiger partial charge in [0.1, 0.15) is 0 Å². The predicted octanol–water partition coefficient (Wildman–Crippen LogP) is 1.05. The third-order valence-electron chi connectivity index (χ3n) is 3.57. The molecule has 1 aromatic rings. The maximum absolute atomic E-state index is 11.5. The summed E-state index contributed by atoms with van der Waals surface area (Å²) in [5.74, 6) is -0.324. The van der Waals surface area contributed by atoms with Gasteiger partial charge in [-0.15, -0.1) is 0 Å². The van der Waals surface area contributed by atoms with E-state index in [1.165, 1.54) is 7.11 Å². The molecule has 1 heterocycles. The van der Waals surface area contributed by atoms with Crippen molar-refractivity contribution < 1.29 is 19.4 Å². The molecule has 0 radical (unpaired) electrons. The van der Waals surface area contributed by atoms with E-state index in [-0.39, 0.29) is 18.7 Å². The molecule has 1 N–H and O–H groups in total. The zero-order valence-corrected chi connectivity index (χ0v) is 11.9. The molecule has 0 aromatic heterocycles. The summed E-state index contributed by atoms with van der Waals surface area (Å²) in [4.78, 5) is 13.8. The van der Waals surface area contributed by atoms with Gasteiger partial charge in [0, 0.05) is 19.1 Å². The number of esters is 1. The van der Waals surface area contributed by atoms with Crippen molar-refractivity contribution in [3.63, 3.8) is 0 Å². The number of carbonyl (C=O) groups is 1. The third-order valence-corrected chi connectivity index (χ3v) is 3.57. The van der Waals surface area contributed by atoms with Crippen molar-refractivity contribution in [2.75, 3.05) is 26.9 Å². The highest BCUT2D eigenvalue weighted by atomic mass is 16.5. The Morgan fingerprint density at radius 3 is 3.05 bits per heavy atom. The standard InChI is InChI=1S/C15H21NO4/c1-11-10-20-14(9-17)8-16(11)7-12-4-3-5-13(6-12)15(18)19-2/h3-6,11,14,17H,7-10H2,1-2H3. The van der Waals surface area contributed by atoms with E-state index >= 15 is 0 Å². The van der Waals surface area contributed by atoms with E-state index in [4.69, 9.17) is 9.47 Å². The van der Waals surface area contributed by atoms with Gasteiger partial charge in [-0.3, -0.25) is 4.90 Å². The lowest BCUT2D eigenvalue weighted by Gasteiger charge is -2.37. The van der Waals surface area contributed by atoms with Gasteiger partial charge in [0.15, 0.2) is 0 Å². The topological polar surface area (TPSA) is 59.0 Å². The van der Waals surface area contributed by atoms with Crippen molar-refractivity contribution in [3.05, 3.63) is 35.4 Å². The first-order valence-corrected chi connectivity index (χ1v) is 6.77. The summed E-state index contributed by atoms with van der Waals surface area (Å²) in [5, 5.41) is 9.20. The Labute approximate surface area is 119 Å². The second kappa shape index (κ2) is 6.83. The van der Waals surface area contributed by atoms with Gasteiger partial charge >= 0.3 is 5.97 Å². The Morgan fingerprint density at radius 2 is 2.35 bits per heavy atom. The van der Waals surface area contributed by atoms with E-state index in [1.807, 2.05) is 18.2 Å². The predicted molar refractivity (Wildman–Crippen MR) is 74.5 cm³/mol. The normalized spacial score (nSPS) is 23.6. The van der Waals surface area contributed by atoms with Gasteiger partial charge in [-0.05, 0) is 24.6 Å². The molecule has 0 amide bonds. The first kappa shape index (κ1) is 15.0. The van der Waals surface area contributed by atoms with Gasteiger partial charge in [0.25, 0.3) is 0 Å². The minimum absolute atomic E-state index is 0.0332. The third kappa shape index (κ3) is 3.56. The number of morpholine rings is 1. The average molecular weight is 279 g/mol. The van der Waals surface area contributed by atoms with Crippen molar-refractivity contribution in [1.82, 2.24) is 4.90 Å². The Bertz CT molecular complexity index is 463. The molecule has 0 bridgehead atoms. The van der Waals surface area contributed by atoms with Gasteiger partial charge in [-0.1, -0.05) is 12.1 Å². The molecule has 0 aliphatic carbocycles. The van der Waals surface area contributed by atoms with Crippen LogP contribution in [-0.4, -0.2) is 55.0 Å². The molecule has 2 rings (SSSR count). The number of hydrogen-bond acceptors (Lipinski definition) is 5. The fourth-order valence-electron chi connectivity index (χ4n) is 2.35. The van der Waals surface area contributed by atoms with E-state index in [2.05, 4.69) is 11.8 Å². The summed E-state index contributed by atoms with van der Waals surface area (Å²) in [6.45, 7) is 4.16. The molecule has 1 aromatic carbocycles. The lowest BCUT2D eigenvalue weighted by Crippen LogP contribution is -2.48. The lowest BCUT2D eigenvalue weighted by atomic mass is 10.1. The minimum atomic E-state index is -0.324. The molecule has 5 nitrogen and oxygen atoms in total. The summed E-state index contributed by atoms with van der Waals surface area (Å²) in [5.41, 5.74) is 1.61. The molecule has 1 aliphatic rings. The number of hydrogen-bond donors (Lipinski definition) is 1. The Balaban J connectivity index is 2.06. The molecule has 2 unspecified atom stereocenters. The first-order chi connectivity index (χ1) is 9.63. The summed E-state index contributed by atoms with van der Waals surface area (Å²) in [6.07, 6.45) is -0.130. The largest absolute Gasteiger partial charge is 0.465 e. The molecule has 0 spiro atoms. The number of ether oxygens (including phenoxy) is 2. The molecule has 1 fully saturated rings. The van der Waals surface area contributed by atoms with Crippen molar-refractivity contribution in [3.8, 4) is 0 Å². The van der Waals surface area contributed by atoms with Crippen LogP contribution in [-0.2, 0) is 16.0 Å². The van der Waals surface area contributed by atoms with Gasteiger partial charge in [0.05, 0.1) is 32.0 Å². The van der Waals surface area contributed by atoms with Crippen molar-refractivity contribution in [1.29, 1.82) is 0 Å². The van der Waals surface area contributed by atoms with E-state index in [9.17, 15) is 9.90 Å². The fraction of sp³-hybridized carbons (Fsp3) is 0.533. The number of benzene rings is 1. The Kier molecular flexibility index (Phi) is 5.11. The van der Waals surface area contributed by atoms with Crippen molar-refractivity contribution in [2.45, 2.75) is 25.6 Å². The number of aliphatic hydroxyl groups is 1. The average Bonchev–Trinajstić information content (AvgIpc) is 2.49. The fourth-order valence-corrected chi connectivity index (χ4v) is 2.35. The van der Waals surface area contributed by atoms with Crippen LogP contribution in [0.5, 0.6) is 0 Å². The molecule has 0 saturated carbocycles. The van der Waals surface area contributed by atoms with Gasteiger partial charge < -0.3 is 14.6 Å². The quantitative estimate of drug-likeness (QED) is 0.835. The second-order valence-corrected chi connectivity index (χ2v) is 5.11. The number of nitrogens with zero attached hydrogens (tertiary/aromatic N) is 1.